The molecule has 5 nitrogen and oxygen atoms in total. The summed E-state index contributed by atoms with van der Waals surface area (Å²) in [5.74, 6) is 2.91. The quantitative estimate of drug-likeness (QED) is 0.194. The van der Waals surface area contributed by atoms with Crippen LogP contribution in [0.1, 0.15) is 79.5 Å². The molecule has 0 spiro atoms. The predicted molar refractivity (Wildman–Crippen MR) is 158 cm³/mol. The van der Waals surface area contributed by atoms with Crippen molar-refractivity contribution in [2.45, 2.75) is 73.1 Å². The van der Waals surface area contributed by atoms with Gasteiger partial charge in [0, 0.05) is 34.3 Å². The maximum Gasteiger partial charge on any atom is 0.156 e. The van der Waals surface area contributed by atoms with Crippen LogP contribution in [0.15, 0.2) is 11.2 Å². The van der Waals surface area contributed by atoms with Gasteiger partial charge in [-0.1, -0.05) is 27.7 Å². The average Bonchev–Trinajstić information content (AvgIpc) is 3.36. The summed E-state index contributed by atoms with van der Waals surface area (Å²) in [5, 5.41) is 1.42. The molecule has 0 saturated heterocycles. The van der Waals surface area contributed by atoms with Crippen LogP contribution in [0, 0.1) is 20.8 Å². The van der Waals surface area contributed by atoms with E-state index >= 15 is 0 Å². The molecule has 3 heterocycles. The van der Waals surface area contributed by atoms with E-state index in [1.54, 1.807) is 4.88 Å². The minimum Gasteiger partial charge on any atom is -0.390 e. The van der Waals surface area contributed by atoms with Gasteiger partial charge in [-0.05, 0) is 87.0 Å². The van der Waals surface area contributed by atoms with E-state index in [0.29, 0.717) is 17.7 Å². The number of fused-ring (bicyclic) bond motifs is 1. The summed E-state index contributed by atoms with van der Waals surface area (Å²) in [6.45, 7) is 19.3. The van der Waals surface area contributed by atoms with Gasteiger partial charge in [0.25, 0.3) is 0 Å². The van der Waals surface area contributed by atoms with Crippen LogP contribution >= 0.6 is 23.1 Å². The molecule has 0 aliphatic heterocycles. The topological polar surface area (TPSA) is 70.3 Å². The van der Waals surface area contributed by atoms with Crippen molar-refractivity contribution in [2.24, 2.45) is 10.7 Å². The molecule has 0 radical (unpaired) electrons. The van der Waals surface area contributed by atoms with Crippen LogP contribution in [-0.2, 0) is 0 Å². The summed E-state index contributed by atoms with van der Waals surface area (Å²) < 4.78 is 0. The number of rotatable bonds is 12. The van der Waals surface area contributed by atoms with E-state index in [1.807, 2.05) is 29.3 Å². The molecule has 0 fully saturated rings. The number of thioether (sulfide) groups is 1. The number of aromatic nitrogens is 2. The van der Waals surface area contributed by atoms with Crippen molar-refractivity contribution < 1.29 is 0 Å². The van der Waals surface area contributed by atoms with Crippen LogP contribution in [-0.4, -0.2) is 52.8 Å². The second-order valence-electron chi connectivity index (χ2n) is 9.71. The lowest BCUT2D eigenvalue weighted by Gasteiger charge is -2.23. The average molecular weight is 514 g/mol. The number of thiophene rings is 1. The van der Waals surface area contributed by atoms with E-state index < -0.39 is 0 Å². The second-order valence-corrected chi connectivity index (χ2v) is 11.7. The maximum absolute atomic E-state index is 5.52. The number of nitrogens with zero attached hydrogens (tertiary/aromatic N) is 3. The van der Waals surface area contributed by atoms with Gasteiger partial charge >= 0.3 is 0 Å². The molecule has 192 valence electrons. The highest BCUT2D eigenvalue weighted by atomic mass is 32.2. The van der Waals surface area contributed by atoms with E-state index in [4.69, 9.17) is 5.73 Å². The number of nitrogens with two attached hydrogens (primary N) is 1. The Bertz CT molecular complexity index is 1160. The molecule has 3 rings (SSSR count). The summed E-state index contributed by atoms with van der Waals surface area (Å²) in [6.07, 6.45) is 7.86. The van der Waals surface area contributed by atoms with Gasteiger partial charge < -0.3 is 15.6 Å². The summed E-state index contributed by atoms with van der Waals surface area (Å²) in [6, 6.07) is 0. The number of hydrogen-bond donors (Lipinski definition) is 2. The van der Waals surface area contributed by atoms with Crippen molar-refractivity contribution >= 4 is 45.5 Å². The zero-order chi connectivity index (χ0) is 25.7. The standard InChI is InChI=1S/C28H43N5S2/c1-9-21(11-12-33(10-2)13-14-34-8)26-20(7)24-23(17(3)4)25(32-28(24)35-26)22-15-30-27(31-16-29)19(6)18(22)5/h15-17,21,32H,9-14H2,1-8H3,(H2,29,30,31)/t21-/m1/s1. The zero-order valence-corrected chi connectivity index (χ0v) is 24.4. The smallest absolute Gasteiger partial charge is 0.156 e. The summed E-state index contributed by atoms with van der Waals surface area (Å²) in [7, 11) is 0. The third-order valence-corrected chi connectivity index (χ3v) is 9.30. The fourth-order valence-electron chi connectivity index (χ4n) is 5.08. The van der Waals surface area contributed by atoms with Crippen LogP contribution in [0.2, 0.25) is 0 Å². The van der Waals surface area contributed by atoms with Crippen molar-refractivity contribution in [1.29, 1.82) is 0 Å². The zero-order valence-electron chi connectivity index (χ0n) is 22.8. The number of hydrogen-bond acceptors (Lipinski definition) is 5. The Labute approximate surface area is 220 Å². The van der Waals surface area contributed by atoms with Crippen molar-refractivity contribution in [3.05, 3.63) is 33.3 Å². The van der Waals surface area contributed by atoms with E-state index in [1.165, 1.54) is 70.6 Å². The number of H-pyrrole nitrogens is 1. The molecule has 0 unspecified atom stereocenters. The van der Waals surface area contributed by atoms with Crippen molar-refractivity contribution in [1.82, 2.24) is 14.9 Å². The Hall–Kier alpha value is -1.83. The van der Waals surface area contributed by atoms with Gasteiger partial charge in [0.2, 0.25) is 0 Å². The molecule has 3 N–H and O–H groups in total. The van der Waals surface area contributed by atoms with Crippen molar-refractivity contribution in [3.8, 4) is 11.3 Å². The third kappa shape index (κ3) is 5.78. The number of aromatic amines is 1. The predicted octanol–water partition coefficient (Wildman–Crippen LogP) is 7.53. The van der Waals surface area contributed by atoms with Gasteiger partial charge in [0.15, 0.2) is 5.82 Å². The Morgan fingerprint density at radius 2 is 1.91 bits per heavy atom. The minimum atomic E-state index is 0.406. The molecule has 0 saturated carbocycles. The number of nitrogens with one attached hydrogen (secondary N) is 1. The van der Waals surface area contributed by atoms with Gasteiger partial charge in [-0.3, -0.25) is 0 Å². The van der Waals surface area contributed by atoms with Gasteiger partial charge in [-0.25, -0.2) is 9.98 Å². The molecule has 0 aliphatic carbocycles. The van der Waals surface area contributed by atoms with Crippen molar-refractivity contribution in [3.63, 3.8) is 0 Å². The third-order valence-electron chi connectivity index (χ3n) is 7.34. The van der Waals surface area contributed by atoms with Gasteiger partial charge in [-0.15, -0.1) is 11.3 Å². The molecular formula is C28H43N5S2. The van der Waals surface area contributed by atoms with Gasteiger partial charge in [0.1, 0.15) is 4.83 Å². The largest absolute Gasteiger partial charge is 0.390 e. The first-order valence-corrected chi connectivity index (χ1v) is 15.1. The van der Waals surface area contributed by atoms with Gasteiger partial charge in [0.05, 0.1) is 12.0 Å². The Kier molecular flexibility index (Phi) is 9.85. The Morgan fingerprint density at radius 1 is 1.17 bits per heavy atom. The molecule has 3 aromatic heterocycles. The minimum absolute atomic E-state index is 0.406. The van der Waals surface area contributed by atoms with Crippen molar-refractivity contribution in [2.75, 3.05) is 31.6 Å². The highest BCUT2D eigenvalue weighted by Gasteiger charge is 2.25. The molecule has 0 bridgehead atoms. The molecule has 1 atom stereocenters. The first kappa shape index (κ1) is 27.8. The first-order valence-electron chi connectivity index (χ1n) is 12.9. The highest BCUT2D eigenvalue weighted by molar-refractivity contribution is 7.98. The van der Waals surface area contributed by atoms with Gasteiger partial charge in [-0.2, -0.15) is 11.8 Å². The molecule has 35 heavy (non-hydrogen) atoms. The summed E-state index contributed by atoms with van der Waals surface area (Å²) >= 11 is 3.90. The highest BCUT2D eigenvalue weighted by Crippen LogP contribution is 2.46. The van der Waals surface area contributed by atoms with E-state index in [9.17, 15) is 0 Å². The Balaban J connectivity index is 2.02. The lowest BCUT2D eigenvalue weighted by atomic mass is 9.91. The molecule has 0 amide bonds. The maximum atomic E-state index is 5.52. The molecule has 3 aromatic rings. The van der Waals surface area contributed by atoms with E-state index in [-0.39, 0.29) is 0 Å². The van der Waals surface area contributed by atoms with Crippen LogP contribution in [0.25, 0.3) is 21.5 Å². The molecule has 0 aliphatic rings. The van der Waals surface area contributed by atoms with Crippen LogP contribution < -0.4 is 5.73 Å². The number of pyridine rings is 1. The lowest BCUT2D eigenvalue weighted by molar-refractivity contribution is 0.291. The fourth-order valence-corrected chi connectivity index (χ4v) is 6.96. The fraction of sp³-hybridized carbons (Fsp3) is 0.571. The van der Waals surface area contributed by atoms with Crippen LogP contribution in [0.4, 0.5) is 5.82 Å². The Morgan fingerprint density at radius 3 is 2.51 bits per heavy atom. The summed E-state index contributed by atoms with van der Waals surface area (Å²) in [4.78, 5) is 18.1. The SMILES string of the molecule is CC[C@H](CCN(CC)CCSC)c1sc2[nH]c(-c3cnc(N=CN)c(C)c3C)c(C(C)C)c2c1C. The number of aliphatic imine (C=N–C) groups is 1. The lowest BCUT2D eigenvalue weighted by Crippen LogP contribution is -2.28. The van der Waals surface area contributed by atoms with E-state index in [0.717, 1.165) is 17.7 Å². The first-order chi connectivity index (χ1) is 16.8. The monoisotopic (exact) mass is 513 g/mol. The second kappa shape index (κ2) is 12.4. The normalized spacial score (nSPS) is 13.2. The summed E-state index contributed by atoms with van der Waals surface area (Å²) in [5.41, 5.74) is 13.0. The molecule has 7 heteroatoms. The van der Waals surface area contributed by atoms with E-state index in [2.05, 4.69) is 74.6 Å². The van der Waals surface area contributed by atoms with Crippen LogP contribution in [0.5, 0.6) is 0 Å². The molecular weight excluding hydrogens is 470 g/mol. The number of aryl methyl sites for hydroxylation is 1. The molecule has 0 aromatic carbocycles. The van der Waals surface area contributed by atoms with Crippen LogP contribution in [0.3, 0.4) is 0 Å².